The second kappa shape index (κ2) is 6.51. The first-order valence-corrected chi connectivity index (χ1v) is 6.85. The largest absolute Gasteiger partial charge is 0.327 e. The topological polar surface area (TPSA) is 82.2 Å². The van der Waals surface area contributed by atoms with Gasteiger partial charge in [0.15, 0.2) is 0 Å². The Hall–Kier alpha value is -1.90. The Morgan fingerprint density at radius 1 is 1.50 bits per heavy atom. The van der Waals surface area contributed by atoms with Crippen LogP contribution in [-0.4, -0.2) is 36.5 Å². The molecule has 106 valence electrons. The zero-order valence-electron chi connectivity index (χ0n) is 11.7. The molecule has 1 fully saturated rings. The summed E-state index contributed by atoms with van der Waals surface area (Å²) in [5.41, 5.74) is 7.01. The van der Waals surface area contributed by atoms with Gasteiger partial charge in [-0.2, -0.15) is 5.26 Å². The molecule has 0 aliphatic carbocycles. The summed E-state index contributed by atoms with van der Waals surface area (Å²) in [7, 11) is 0. The van der Waals surface area contributed by atoms with Crippen molar-refractivity contribution in [1.82, 2.24) is 4.90 Å². The molecule has 0 radical (unpaired) electrons. The van der Waals surface area contributed by atoms with Crippen LogP contribution in [-0.2, 0) is 4.79 Å². The minimum atomic E-state index is -0.103. The first-order valence-electron chi connectivity index (χ1n) is 6.85. The molecule has 0 saturated carbocycles. The quantitative estimate of drug-likeness (QED) is 0.865. The van der Waals surface area contributed by atoms with Crippen molar-refractivity contribution >= 4 is 11.6 Å². The summed E-state index contributed by atoms with van der Waals surface area (Å²) in [5, 5.41) is 11.8. The number of nitrogens with zero attached hydrogens (tertiary/aromatic N) is 2. The van der Waals surface area contributed by atoms with E-state index in [4.69, 9.17) is 11.0 Å². The lowest BCUT2D eigenvalue weighted by Crippen LogP contribution is -2.48. The van der Waals surface area contributed by atoms with Crippen LogP contribution >= 0.6 is 0 Å². The molecule has 5 heteroatoms. The van der Waals surface area contributed by atoms with Crippen molar-refractivity contribution in [2.75, 3.05) is 25.0 Å². The highest BCUT2D eigenvalue weighted by Crippen LogP contribution is 2.16. The van der Waals surface area contributed by atoms with E-state index in [1.807, 2.05) is 0 Å². The van der Waals surface area contributed by atoms with E-state index in [1.165, 1.54) is 0 Å². The molecular weight excluding hydrogens is 252 g/mol. The summed E-state index contributed by atoms with van der Waals surface area (Å²) in [6.07, 6.45) is 1.01. The van der Waals surface area contributed by atoms with Gasteiger partial charge in [-0.3, -0.25) is 9.69 Å². The molecule has 5 nitrogen and oxygen atoms in total. The number of anilines is 1. The molecule has 0 aromatic heterocycles. The minimum absolute atomic E-state index is 0.103. The lowest BCUT2D eigenvalue weighted by atomic mass is 9.97. The van der Waals surface area contributed by atoms with Crippen molar-refractivity contribution in [2.24, 2.45) is 11.7 Å². The fourth-order valence-corrected chi connectivity index (χ4v) is 2.72. The van der Waals surface area contributed by atoms with Gasteiger partial charge in [0.1, 0.15) is 6.07 Å². The normalized spacial score (nSPS) is 23.1. The molecule has 1 heterocycles. The summed E-state index contributed by atoms with van der Waals surface area (Å²) in [6.45, 7) is 4.10. The summed E-state index contributed by atoms with van der Waals surface area (Å²) in [4.78, 5) is 14.1. The lowest BCUT2D eigenvalue weighted by Gasteiger charge is -2.34. The maximum absolute atomic E-state index is 12.1. The van der Waals surface area contributed by atoms with Crippen molar-refractivity contribution in [3.63, 3.8) is 0 Å². The van der Waals surface area contributed by atoms with E-state index < -0.39 is 0 Å². The number of nitriles is 1. The first kappa shape index (κ1) is 14.5. The SMILES string of the molecule is CC1CC(N)CN(CC(=O)Nc2ccccc2C#N)C1. The third-order valence-corrected chi connectivity index (χ3v) is 3.46. The number of hydrogen-bond acceptors (Lipinski definition) is 4. The Morgan fingerprint density at radius 3 is 2.95 bits per heavy atom. The number of piperidine rings is 1. The molecule has 1 aliphatic rings. The Labute approximate surface area is 119 Å². The second-order valence-corrected chi connectivity index (χ2v) is 5.50. The van der Waals surface area contributed by atoms with Gasteiger partial charge in [0.25, 0.3) is 0 Å². The zero-order valence-corrected chi connectivity index (χ0v) is 11.7. The van der Waals surface area contributed by atoms with Gasteiger partial charge in [-0.15, -0.1) is 0 Å². The third kappa shape index (κ3) is 3.80. The van der Waals surface area contributed by atoms with E-state index in [0.717, 1.165) is 19.5 Å². The van der Waals surface area contributed by atoms with Crippen LogP contribution in [0.2, 0.25) is 0 Å². The fourth-order valence-electron chi connectivity index (χ4n) is 2.72. The molecule has 2 rings (SSSR count). The Morgan fingerprint density at radius 2 is 2.25 bits per heavy atom. The van der Waals surface area contributed by atoms with E-state index in [0.29, 0.717) is 23.7 Å². The van der Waals surface area contributed by atoms with Gasteiger partial charge in [0, 0.05) is 19.1 Å². The van der Waals surface area contributed by atoms with E-state index in [-0.39, 0.29) is 11.9 Å². The van der Waals surface area contributed by atoms with Crippen molar-refractivity contribution < 1.29 is 4.79 Å². The van der Waals surface area contributed by atoms with E-state index in [1.54, 1.807) is 24.3 Å². The van der Waals surface area contributed by atoms with Crippen LogP contribution in [0.25, 0.3) is 0 Å². The van der Waals surface area contributed by atoms with Crippen molar-refractivity contribution in [3.05, 3.63) is 29.8 Å². The monoisotopic (exact) mass is 272 g/mol. The summed E-state index contributed by atoms with van der Waals surface area (Å²) in [5.74, 6) is 0.409. The van der Waals surface area contributed by atoms with Crippen LogP contribution < -0.4 is 11.1 Å². The van der Waals surface area contributed by atoms with E-state index in [2.05, 4.69) is 23.2 Å². The fraction of sp³-hybridized carbons (Fsp3) is 0.467. The number of rotatable bonds is 3. The van der Waals surface area contributed by atoms with Gasteiger partial charge in [-0.1, -0.05) is 19.1 Å². The lowest BCUT2D eigenvalue weighted by molar-refractivity contribution is -0.117. The van der Waals surface area contributed by atoms with Crippen LogP contribution in [0.15, 0.2) is 24.3 Å². The van der Waals surface area contributed by atoms with Gasteiger partial charge in [-0.05, 0) is 24.5 Å². The summed E-state index contributed by atoms with van der Waals surface area (Å²) < 4.78 is 0. The van der Waals surface area contributed by atoms with Gasteiger partial charge in [-0.25, -0.2) is 0 Å². The number of likely N-dealkylation sites (tertiary alicyclic amines) is 1. The molecule has 0 spiro atoms. The van der Waals surface area contributed by atoms with Crippen LogP contribution in [0, 0.1) is 17.2 Å². The number of carbonyl (C=O) groups is 1. The zero-order chi connectivity index (χ0) is 14.5. The van der Waals surface area contributed by atoms with Crippen molar-refractivity contribution in [1.29, 1.82) is 5.26 Å². The molecule has 1 amide bonds. The molecule has 1 aromatic rings. The second-order valence-electron chi connectivity index (χ2n) is 5.50. The van der Waals surface area contributed by atoms with Crippen molar-refractivity contribution in [3.8, 4) is 6.07 Å². The Kier molecular flexibility index (Phi) is 4.72. The number of nitrogens with two attached hydrogens (primary N) is 1. The highest BCUT2D eigenvalue weighted by Gasteiger charge is 2.23. The standard InChI is InChI=1S/C15H20N4O/c1-11-6-13(17)9-19(8-11)10-15(20)18-14-5-3-2-4-12(14)7-16/h2-5,11,13H,6,8-10,17H2,1H3,(H,18,20). The molecule has 1 saturated heterocycles. The number of amides is 1. The average molecular weight is 272 g/mol. The number of hydrogen-bond donors (Lipinski definition) is 2. The molecule has 0 bridgehead atoms. The highest BCUT2D eigenvalue weighted by atomic mass is 16.2. The van der Waals surface area contributed by atoms with Crippen LogP contribution in [0.5, 0.6) is 0 Å². The van der Waals surface area contributed by atoms with Crippen molar-refractivity contribution in [2.45, 2.75) is 19.4 Å². The number of nitrogens with one attached hydrogen (secondary N) is 1. The molecule has 2 atom stereocenters. The van der Waals surface area contributed by atoms with Gasteiger partial charge < -0.3 is 11.1 Å². The maximum atomic E-state index is 12.1. The highest BCUT2D eigenvalue weighted by molar-refractivity contribution is 5.93. The smallest absolute Gasteiger partial charge is 0.238 e. The predicted octanol–water partition coefficient (Wildman–Crippen LogP) is 1.17. The first-order chi connectivity index (χ1) is 9.58. The molecule has 3 N–H and O–H groups in total. The predicted molar refractivity (Wildman–Crippen MR) is 78.0 cm³/mol. The van der Waals surface area contributed by atoms with Crippen LogP contribution in [0.4, 0.5) is 5.69 Å². The number of benzene rings is 1. The number of carbonyl (C=O) groups excluding carboxylic acids is 1. The maximum Gasteiger partial charge on any atom is 0.238 e. The number of para-hydroxylation sites is 1. The van der Waals surface area contributed by atoms with E-state index in [9.17, 15) is 4.79 Å². The summed E-state index contributed by atoms with van der Waals surface area (Å²) >= 11 is 0. The van der Waals surface area contributed by atoms with E-state index >= 15 is 0 Å². The molecular formula is C15H20N4O. The van der Waals surface area contributed by atoms with Crippen LogP contribution in [0.3, 0.4) is 0 Å². The Balaban J connectivity index is 1.94. The summed E-state index contributed by atoms with van der Waals surface area (Å²) in [6, 6.07) is 9.21. The van der Waals surface area contributed by atoms with Gasteiger partial charge in [0.2, 0.25) is 5.91 Å². The average Bonchev–Trinajstić information content (AvgIpc) is 2.37. The van der Waals surface area contributed by atoms with Gasteiger partial charge >= 0.3 is 0 Å². The minimum Gasteiger partial charge on any atom is -0.327 e. The molecule has 2 unspecified atom stereocenters. The van der Waals surface area contributed by atoms with Crippen LogP contribution in [0.1, 0.15) is 18.9 Å². The third-order valence-electron chi connectivity index (χ3n) is 3.46. The molecule has 20 heavy (non-hydrogen) atoms. The Bertz CT molecular complexity index is 513. The van der Waals surface area contributed by atoms with Gasteiger partial charge in [0.05, 0.1) is 17.8 Å². The molecule has 1 aliphatic heterocycles. The molecule has 1 aromatic carbocycles.